The minimum atomic E-state index is -4.86. The summed E-state index contributed by atoms with van der Waals surface area (Å²) in [6.07, 6.45) is -17.4. The summed E-state index contributed by atoms with van der Waals surface area (Å²) in [5.41, 5.74) is 0. The molecule has 0 aliphatic carbocycles. The van der Waals surface area contributed by atoms with Gasteiger partial charge in [-0.05, 0) is 0 Å². The predicted molar refractivity (Wildman–Crippen MR) is 86.3 cm³/mol. The van der Waals surface area contributed by atoms with Gasteiger partial charge in [0, 0.05) is 0 Å². The molecule has 200 valence electrons. The highest BCUT2D eigenvalue weighted by Crippen LogP contribution is 2.44. The smallest absolute Gasteiger partial charge is 0.411 e. The molecule has 0 saturated carbocycles. The topological polar surface area (TPSA) is 329 Å². The lowest BCUT2D eigenvalue weighted by molar-refractivity contribution is -0.589. The first-order chi connectivity index (χ1) is 16.5. The first-order valence-electron chi connectivity index (χ1n) is 9.07. The fourth-order valence-corrected chi connectivity index (χ4v) is 2.63. The molecular formula is C15H14O21. The Kier molecular flexibility index (Phi) is 6.64. The third-order valence-corrected chi connectivity index (χ3v) is 4.62. The number of aliphatic hydroxyl groups excluding tert-OH is 6. The van der Waals surface area contributed by atoms with Gasteiger partial charge in [-0.1, -0.05) is 4.89 Å². The Labute approximate surface area is 194 Å². The Morgan fingerprint density at radius 3 is 1.17 bits per heavy atom. The SMILES string of the molecule is O=C1OOC2(OC(=O)C(O)C1O)OC(=O)C(O)C(O)C(=O)OC2(O)C1(O)OC(=O)C(O)C(O)C(=O)O1. The quantitative estimate of drug-likeness (QED) is 0.0885. The molecule has 3 aliphatic rings. The lowest BCUT2D eigenvalue weighted by Crippen LogP contribution is -2.77. The Morgan fingerprint density at radius 2 is 0.778 bits per heavy atom. The zero-order valence-corrected chi connectivity index (χ0v) is 16.8. The summed E-state index contributed by atoms with van der Waals surface area (Å²) in [5, 5.41) is 79.7. The first kappa shape index (κ1) is 27.1. The normalized spacial score (nSPS) is 44.3. The standard InChI is InChI=1S/C15H14O21/c16-1-4(19)10(25)33-15(34-11(26)5(20)6(21)12(27)35-36-15)13(28,30-7(1)22)14(29)31-8(23)2(17)3(18)9(24)32-14/h1-6,16-21,28-29H. The highest BCUT2D eigenvalue weighted by Gasteiger charge is 2.83. The number of cyclic esters (lactones) is 3. The molecule has 8 atom stereocenters. The van der Waals surface area contributed by atoms with Crippen LogP contribution in [0.15, 0.2) is 0 Å². The molecule has 0 radical (unpaired) electrons. The van der Waals surface area contributed by atoms with Crippen molar-refractivity contribution >= 4 is 35.8 Å². The molecule has 21 heteroatoms. The van der Waals surface area contributed by atoms with Gasteiger partial charge in [-0.3, -0.25) is 4.89 Å². The van der Waals surface area contributed by atoms with E-state index in [1.165, 1.54) is 0 Å². The van der Waals surface area contributed by atoms with E-state index in [0.717, 1.165) is 0 Å². The van der Waals surface area contributed by atoms with Crippen molar-refractivity contribution in [3.05, 3.63) is 0 Å². The van der Waals surface area contributed by atoms with E-state index in [0.29, 0.717) is 0 Å². The molecule has 21 nitrogen and oxygen atoms in total. The molecule has 0 aromatic rings. The molecule has 3 rings (SSSR count). The largest absolute Gasteiger partial charge is 0.493 e. The summed E-state index contributed by atoms with van der Waals surface area (Å²) in [4.78, 5) is 80.7. The van der Waals surface area contributed by atoms with Gasteiger partial charge >= 0.3 is 53.5 Å². The molecule has 36 heavy (non-hydrogen) atoms. The van der Waals surface area contributed by atoms with Crippen LogP contribution in [0.2, 0.25) is 0 Å². The molecule has 0 bridgehead atoms. The van der Waals surface area contributed by atoms with Crippen LogP contribution in [-0.2, 0) is 62.2 Å². The average Bonchev–Trinajstić information content (AvgIpc) is 2.89. The van der Waals surface area contributed by atoms with Crippen molar-refractivity contribution in [2.45, 2.75) is 54.4 Å². The number of aliphatic hydroxyl groups is 8. The van der Waals surface area contributed by atoms with Crippen LogP contribution >= 0.6 is 0 Å². The maximum absolute atomic E-state index is 12.3. The van der Waals surface area contributed by atoms with Crippen LogP contribution in [0.25, 0.3) is 0 Å². The fourth-order valence-electron chi connectivity index (χ4n) is 2.63. The summed E-state index contributed by atoms with van der Waals surface area (Å²) in [6.45, 7) is 0. The van der Waals surface area contributed by atoms with Crippen molar-refractivity contribution in [2.24, 2.45) is 0 Å². The van der Waals surface area contributed by atoms with Crippen molar-refractivity contribution in [3.8, 4) is 0 Å². The van der Waals surface area contributed by atoms with E-state index >= 15 is 0 Å². The van der Waals surface area contributed by atoms with Gasteiger partial charge in [0.25, 0.3) is 0 Å². The first-order valence-corrected chi connectivity index (χ1v) is 9.07. The van der Waals surface area contributed by atoms with Crippen molar-refractivity contribution < 1.29 is 103 Å². The van der Waals surface area contributed by atoms with E-state index in [2.05, 4.69) is 33.5 Å². The molecule has 3 fully saturated rings. The number of hydrogen-bond acceptors (Lipinski definition) is 21. The Hall–Kier alpha value is -3.54. The third-order valence-electron chi connectivity index (χ3n) is 4.62. The molecule has 1 spiro atoms. The van der Waals surface area contributed by atoms with Gasteiger partial charge in [-0.25, -0.2) is 28.8 Å². The second-order valence-electron chi connectivity index (χ2n) is 7.04. The average molecular weight is 530 g/mol. The van der Waals surface area contributed by atoms with Crippen molar-refractivity contribution in [3.63, 3.8) is 0 Å². The number of rotatable bonds is 1. The summed E-state index contributed by atoms with van der Waals surface area (Å²) >= 11 is 0. The number of ether oxygens (including phenoxy) is 5. The van der Waals surface area contributed by atoms with Gasteiger partial charge in [0.15, 0.2) is 36.6 Å². The second-order valence-corrected chi connectivity index (χ2v) is 7.04. The van der Waals surface area contributed by atoms with Crippen LogP contribution < -0.4 is 0 Å². The third kappa shape index (κ3) is 3.98. The molecule has 3 aliphatic heterocycles. The summed E-state index contributed by atoms with van der Waals surface area (Å²) in [6, 6.07) is 0. The van der Waals surface area contributed by atoms with E-state index in [-0.39, 0.29) is 0 Å². The molecular weight excluding hydrogens is 516 g/mol. The van der Waals surface area contributed by atoms with E-state index in [9.17, 15) is 69.6 Å². The summed E-state index contributed by atoms with van der Waals surface area (Å²) in [7, 11) is 0. The highest BCUT2D eigenvalue weighted by atomic mass is 17.3. The molecule has 8 N–H and O–H groups in total. The Bertz CT molecular complexity index is 963. The van der Waals surface area contributed by atoms with Gasteiger partial charge < -0.3 is 64.5 Å². The van der Waals surface area contributed by atoms with Crippen molar-refractivity contribution in [1.29, 1.82) is 0 Å². The minimum absolute atomic E-state index is 2.11. The summed E-state index contributed by atoms with van der Waals surface area (Å²) in [5.74, 6) is -27.7. The van der Waals surface area contributed by atoms with Crippen molar-refractivity contribution in [1.82, 2.24) is 0 Å². The van der Waals surface area contributed by atoms with E-state index in [4.69, 9.17) is 0 Å². The van der Waals surface area contributed by atoms with Crippen LogP contribution in [0, 0.1) is 0 Å². The fraction of sp³-hybridized carbons (Fsp3) is 0.600. The number of esters is 5. The summed E-state index contributed by atoms with van der Waals surface area (Å²) < 4.78 is 21.1. The van der Waals surface area contributed by atoms with Gasteiger partial charge in [0.1, 0.15) is 0 Å². The Morgan fingerprint density at radius 1 is 0.472 bits per heavy atom. The second kappa shape index (κ2) is 8.84. The maximum Gasteiger partial charge on any atom is 0.493 e. The van der Waals surface area contributed by atoms with E-state index < -0.39 is 90.2 Å². The van der Waals surface area contributed by atoms with E-state index in [1.807, 2.05) is 0 Å². The molecule has 3 heterocycles. The molecule has 0 aromatic heterocycles. The monoisotopic (exact) mass is 530 g/mol. The van der Waals surface area contributed by atoms with E-state index in [1.54, 1.807) is 0 Å². The number of carbonyl (C=O) groups excluding carboxylic acids is 6. The van der Waals surface area contributed by atoms with Gasteiger partial charge in [-0.2, -0.15) is 0 Å². The number of carbonyl (C=O) groups is 6. The minimum Gasteiger partial charge on any atom is -0.411 e. The molecule has 8 unspecified atom stereocenters. The molecule has 0 aromatic carbocycles. The molecule has 0 amide bonds. The number of hydrogen-bond donors (Lipinski definition) is 8. The lowest BCUT2D eigenvalue weighted by Gasteiger charge is -2.46. The van der Waals surface area contributed by atoms with Gasteiger partial charge in [0.05, 0.1) is 0 Å². The van der Waals surface area contributed by atoms with Crippen LogP contribution in [-0.4, -0.2) is 131 Å². The maximum atomic E-state index is 12.3. The molecule has 3 saturated heterocycles. The van der Waals surface area contributed by atoms with Gasteiger partial charge in [0.2, 0.25) is 0 Å². The van der Waals surface area contributed by atoms with Crippen LogP contribution in [0.3, 0.4) is 0 Å². The van der Waals surface area contributed by atoms with Crippen LogP contribution in [0.1, 0.15) is 0 Å². The van der Waals surface area contributed by atoms with Crippen molar-refractivity contribution in [2.75, 3.05) is 0 Å². The van der Waals surface area contributed by atoms with Crippen LogP contribution in [0.5, 0.6) is 0 Å². The zero-order valence-electron chi connectivity index (χ0n) is 16.8. The predicted octanol–water partition coefficient (Wildman–Crippen LogP) is -8.63. The Balaban J connectivity index is 2.28. The van der Waals surface area contributed by atoms with Crippen LogP contribution in [0.4, 0.5) is 0 Å². The zero-order chi connectivity index (χ0) is 27.4. The highest BCUT2D eigenvalue weighted by molar-refractivity contribution is 5.89. The van der Waals surface area contributed by atoms with Gasteiger partial charge in [-0.15, -0.1) is 0 Å². The lowest BCUT2D eigenvalue weighted by atomic mass is 10.1.